The van der Waals surface area contributed by atoms with E-state index in [4.69, 9.17) is 11.6 Å². The van der Waals surface area contributed by atoms with Crippen molar-refractivity contribution in [3.8, 4) is 0 Å². The Bertz CT molecular complexity index is 69.9. The van der Waals surface area contributed by atoms with E-state index in [9.17, 15) is 0 Å². The van der Waals surface area contributed by atoms with E-state index >= 15 is 0 Å². The van der Waals surface area contributed by atoms with Crippen molar-refractivity contribution in [1.29, 1.82) is 0 Å². The second-order valence-electron chi connectivity index (χ2n) is 1.05. The van der Waals surface area contributed by atoms with E-state index in [1.807, 2.05) is 6.08 Å². The minimum Gasteiger partial charge on any atom is -0.379 e. The monoisotopic (exact) mass is 101 g/mol. The lowest BCUT2D eigenvalue weighted by Gasteiger charge is -1.85. The highest BCUT2D eigenvalue weighted by atomic mass is 35.5. The smallest absolute Gasteiger partial charge is 0.111 e. The quantitative estimate of drug-likeness (QED) is 0.444. The average molecular weight is 102 g/mol. The zero-order chi connectivity index (χ0) is 4.41. The molecule has 1 N–H and O–H groups in total. The maximum absolute atomic E-state index is 5.45. The van der Waals surface area contributed by atoms with Crippen molar-refractivity contribution in [2.75, 3.05) is 0 Å². The molecule has 1 aliphatic rings. The van der Waals surface area contributed by atoms with Crippen LogP contribution in [0.4, 0.5) is 0 Å². The molecule has 32 valence electrons. The van der Waals surface area contributed by atoms with E-state index < -0.39 is 0 Å². The third-order valence-corrected chi connectivity index (χ3v) is 0.824. The second-order valence-corrected chi connectivity index (χ2v) is 1.52. The topological polar surface area (TPSA) is 12.0 Å². The van der Waals surface area contributed by atoms with Crippen molar-refractivity contribution in [1.82, 2.24) is 5.32 Å². The van der Waals surface area contributed by atoms with Gasteiger partial charge in [0.2, 0.25) is 0 Å². The van der Waals surface area contributed by atoms with Gasteiger partial charge in [0, 0.05) is 0 Å². The lowest BCUT2D eigenvalue weighted by atomic mass is 10.5. The van der Waals surface area contributed by atoms with Gasteiger partial charge in [-0.05, 0) is 12.3 Å². The predicted octanol–water partition coefficient (Wildman–Crippen LogP) is 0.749. The Morgan fingerprint density at radius 3 is 2.83 bits per heavy atom. The number of nitrogens with one attached hydrogen (secondary N) is 1. The Morgan fingerprint density at radius 2 is 2.67 bits per heavy atom. The van der Waals surface area contributed by atoms with Gasteiger partial charge in [-0.15, -0.1) is 11.6 Å². The molecule has 1 rings (SSSR count). The Kier molecular flexibility index (Phi) is 1.01. The van der Waals surface area contributed by atoms with Gasteiger partial charge in [0.05, 0.1) is 5.38 Å². The van der Waals surface area contributed by atoms with Crippen molar-refractivity contribution in [2.45, 2.75) is 5.38 Å². The lowest BCUT2D eigenvalue weighted by molar-refractivity contribution is 1.07. The van der Waals surface area contributed by atoms with E-state index in [0.717, 1.165) is 0 Å². The van der Waals surface area contributed by atoms with Crippen LogP contribution in [0.2, 0.25) is 0 Å². The highest BCUT2D eigenvalue weighted by Crippen LogP contribution is 2.03. The summed E-state index contributed by atoms with van der Waals surface area (Å²) in [5.41, 5.74) is 0. The van der Waals surface area contributed by atoms with Gasteiger partial charge in [-0.25, -0.2) is 0 Å². The molecule has 2 heteroatoms. The summed E-state index contributed by atoms with van der Waals surface area (Å²) < 4.78 is 0. The van der Waals surface area contributed by atoms with E-state index in [0.29, 0.717) is 0 Å². The van der Waals surface area contributed by atoms with Gasteiger partial charge >= 0.3 is 0 Å². The number of hydrogen-bond donors (Lipinski definition) is 1. The van der Waals surface area contributed by atoms with Crippen LogP contribution in [0.5, 0.6) is 0 Å². The molecule has 0 aromatic carbocycles. The van der Waals surface area contributed by atoms with Gasteiger partial charge < -0.3 is 5.32 Å². The molecule has 0 aromatic rings. The SMILES string of the molecule is ClC1[C]NC=C1. The van der Waals surface area contributed by atoms with E-state index in [1.54, 1.807) is 6.20 Å². The molecule has 0 saturated heterocycles. The molecule has 0 bridgehead atoms. The van der Waals surface area contributed by atoms with Crippen molar-refractivity contribution in [3.63, 3.8) is 0 Å². The number of alkyl halides is 1. The highest BCUT2D eigenvalue weighted by Gasteiger charge is 2.02. The normalized spacial score (nSPS) is 30.5. The molecule has 1 atom stereocenters. The lowest BCUT2D eigenvalue weighted by Crippen LogP contribution is -1.98. The number of halogens is 1. The summed E-state index contributed by atoms with van der Waals surface area (Å²) in [5, 5.41) is 2.69. The van der Waals surface area contributed by atoms with Crippen LogP contribution in [0, 0.1) is 6.54 Å². The van der Waals surface area contributed by atoms with E-state index in [2.05, 4.69) is 11.9 Å². The molecule has 0 aromatic heterocycles. The fourth-order valence-corrected chi connectivity index (χ4v) is 0.444. The van der Waals surface area contributed by atoms with Crippen LogP contribution in [0.3, 0.4) is 0 Å². The fourth-order valence-electron chi connectivity index (χ4n) is 0.308. The standard InChI is InChI=1S/C4H4ClN/c5-4-1-2-6-3-4/h1-2,4,6H. The molecule has 0 saturated carbocycles. The largest absolute Gasteiger partial charge is 0.379 e. The van der Waals surface area contributed by atoms with Gasteiger partial charge in [-0.1, -0.05) is 0 Å². The first-order chi connectivity index (χ1) is 2.89. The Hall–Kier alpha value is -0.170. The molecule has 1 nitrogen and oxygen atoms in total. The van der Waals surface area contributed by atoms with Gasteiger partial charge in [-0.3, -0.25) is 0 Å². The van der Waals surface area contributed by atoms with Crippen LogP contribution >= 0.6 is 11.6 Å². The van der Waals surface area contributed by atoms with Crippen LogP contribution in [0.25, 0.3) is 0 Å². The van der Waals surface area contributed by atoms with Crippen LogP contribution in [-0.2, 0) is 0 Å². The summed E-state index contributed by atoms with van der Waals surface area (Å²) >= 11 is 5.45. The van der Waals surface area contributed by atoms with Crippen LogP contribution < -0.4 is 5.32 Å². The molecule has 1 unspecified atom stereocenters. The third-order valence-electron chi connectivity index (χ3n) is 0.570. The summed E-state index contributed by atoms with van der Waals surface area (Å²) in [5.74, 6) is 0. The van der Waals surface area contributed by atoms with Gasteiger partial charge in [-0.2, -0.15) is 0 Å². The van der Waals surface area contributed by atoms with Crippen molar-refractivity contribution in [3.05, 3.63) is 18.8 Å². The summed E-state index contributed by atoms with van der Waals surface area (Å²) in [6.45, 7) is 2.72. The molecule has 6 heavy (non-hydrogen) atoms. The zero-order valence-corrected chi connectivity index (χ0v) is 3.87. The minimum atomic E-state index is -0.0231. The minimum absolute atomic E-state index is 0.0231. The third kappa shape index (κ3) is 0.658. The zero-order valence-electron chi connectivity index (χ0n) is 3.11. The molecule has 1 aliphatic heterocycles. The molecular formula is C4H4ClN. The average Bonchev–Trinajstić information content (AvgIpc) is 1.86. The van der Waals surface area contributed by atoms with Crippen LogP contribution in [0.15, 0.2) is 12.3 Å². The molecule has 0 aliphatic carbocycles. The Morgan fingerprint density at radius 1 is 1.83 bits per heavy atom. The van der Waals surface area contributed by atoms with Crippen LogP contribution in [-0.4, -0.2) is 5.38 Å². The first-order valence-corrected chi connectivity index (χ1v) is 2.15. The molecule has 0 amide bonds. The van der Waals surface area contributed by atoms with Gasteiger partial charge in [0.15, 0.2) is 0 Å². The molecule has 0 spiro atoms. The Balaban J connectivity index is 2.38. The van der Waals surface area contributed by atoms with Gasteiger partial charge in [0.1, 0.15) is 6.54 Å². The predicted molar refractivity (Wildman–Crippen MR) is 25.2 cm³/mol. The summed E-state index contributed by atoms with van der Waals surface area (Å²) in [7, 11) is 0. The molecule has 1 heterocycles. The number of rotatable bonds is 0. The Labute approximate surface area is 42.0 Å². The molecule has 0 fully saturated rings. The van der Waals surface area contributed by atoms with Crippen molar-refractivity contribution in [2.24, 2.45) is 0 Å². The summed E-state index contributed by atoms with van der Waals surface area (Å²) in [6.07, 6.45) is 3.58. The first kappa shape index (κ1) is 4.00. The number of hydrogen-bond acceptors (Lipinski definition) is 1. The second kappa shape index (κ2) is 1.52. The van der Waals surface area contributed by atoms with E-state index in [-0.39, 0.29) is 5.38 Å². The molecule has 2 radical (unpaired) electrons. The highest BCUT2D eigenvalue weighted by molar-refractivity contribution is 6.22. The maximum Gasteiger partial charge on any atom is 0.111 e. The first-order valence-electron chi connectivity index (χ1n) is 1.71. The summed E-state index contributed by atoms with van der Waals surface area (Å²) in [6, 6.07) is 0. The molecular weight excluding hydrogens is 97.5 g/mol. The maximum atomic E-state index is 5.45. The van der Waals surface area contributed by atoms with Gasteiger partial charge in [0.25, 0.3) is 0 Å². The van der Waals surface area contributed by atoms with Crippen molar-refractivity contribution >= 4 is 11.6 Å². The van der Waals surface area contributed by atoms with E-state index in [1.165, 1.54) is 0 Å². The van der Waals surface area contributed by atoms with Crippen LogP contribution in [0.1, 0.15) is 0 Å². The summed E-state index contributed by atoms with van der Waals surface area (Å²) in [4.78, 5) is 0. The van der Waals surface area contributed by atoms with Crippen molar-refractivity contribution < 1.29 is 0 Å². The fraction of sp³-hybridized carbons (Fsp3) is 0.250.